The zero-order chi connectivity index (χ0) is 8.81. The van der Waals surface area contributed by atoms with Crippen molar-refractivity contribution in [2.24, 2.45) is 0 Å². The lowest BCUT2D eigenvalue weighted by Gasteiger charge is -2.26. The van der Waals surface area contributed by atoms with Crippen molar-refractivity contribution in [1.82, 2.24) is 10.3 Å². The summed E-state index contributed by atoms with van der Waals surface area (Å²) in [6.45, 7) is 6.23. The molecule has 0 unspecified atom stereocenters. The molecule has 1 aromatic rings. The summed E-state index contributed by atoms with van der Waals surface area (Å²) in [6.07, 6.45) is 3.76. The van der Waals surface area contributed by atoms with Crippen LogP contribution in [0.1, 0.15) is 25.3 Å². The Balaban J connectivity index is 0.000000336. The van der Waals surface area contributed by atoms with Gasteiger partial charge in [-0.25, -0.2) is 0 Å². The van der Waals surface area contributed by atoms with E-state index < -0.39 is 0 Å². The standard InChI is InChI=1S/C8H10N2.C2H6/c1-2-7(4-9-3-1)8-5-10-6-8;1-2/h1-4,8,10H,5-6H2;1-2H3. The predicted octanol–water partition coefficient (Wildman–Crippen LogP) is 1.79. The fourth-order valence-electron chi connectivity index (χ4n) is 1.14. The molecule has 2 heteroatoms. The maximum atomic E-state index is 4.06. The number of nitrogens with one attached hydrogen (secondary N) is 1. The summed E-state index contributed by atoms with van der Waals surface area (Å²) in [5.74, 6) is 0.716. The number of pyridine rings is 1. The van der Waals surface area contributed by atoms with E-state index in [4.69, 9.17) is 0 Å². The average molecular weight is 164 g/mol. The first-order chi connectivity index (χ1) is 5.97. The van der Waals surface area contributed by atoms with Crippen molar-refractivity contribution in [2.75, 3.05) is 13.1 Å². The smallest absolute Gasteiger partial charge is 0.0303 e. The molecule has 0 saturated carbocycles. The second-order valence-corrected chi connectivity index (χ2v) is 2.64. The third kappa shape index (κ3) is 2.05. The molecule has 0 aromatic carbocycles. The second kappa shape index (κ2) is 4.88. The van der Waals surface area contributed by atoms with Crippen LogP contribution in [0.2, 0.25) is 0 Å². The molecule has 0 atom stereocenters. The van der Waals surface area contributed by atoms with Crippen molar-refractivity contribution < 1.29 is 0 Å². The summed E-state index contributed by atoms with van der Waals surface area (Å²) < 4.78 is 0. The van der Waals surface area contributed by atoms with Gasteiger partial charge >= 0.3 is 0 Å². The van der Waals surface area contributed by atoms with Gasteiger partial charge < -0.3 is 5.32 Å². The van der Waals surface area contributed by atoms with Crippen LogP contribution in [-0.4, -0.2) is 18.1 Å². The van der Waals surface area contributed by atoms with Crippen LogP contribution in [0.4, 0.5) is 0 Å². The Labute approximate surface area is 74.0 Å². The molecule has 0 amide bonds. The van der Waals surface area contributed by atoms with Crippen LogP contribution in [0, 0.1) is 0 Å². The molecule has 2 rings (SSSR count). The summed E-state index contributed by atoms with van der Waals surface area (Å²) in [5, 5.41) is 3.23. The molecule has 0 radical (unpaired) electrons. The predicted molar refractivity (Wildman–Crippen MR) is 51.2 cm³/mol. The zero-order valence-corrected chi connectivity index (χ0v) is 7.75. The van der Waals surface area contributed by atoms with Gasteiger partial charge in [0.1, 0.15) is 0 Å². The monoisotopic (exact) mass is 164 g/mol. The molecule has 0 aliphatic carbocycles. The Hall–Kier alpha value is -0.890. The van der Waals surface area contributed by atoms with E-state index in [0.717, 1.165) is 13.1 Å². The van der Waals surface area contributed by atoms with Crippen LogP contribution >= 0.6 is 0 Å². The van der Waals surface area contributed by atoms with Crippen LogP contribution in [0.25, 0.3) is 0 Å². The third-order valence-electron chi connectivity index (χ3n) is 1.94. The largest absolute Gasteiger partial charge is 0.315 e. The summed E-state index contributed by atoms with van der Waals surface area (Å²) in [5.41, 5.74) is 1.36. The zero-order valence-electron chi connectivity index (χ0n) is 7.75. The molecule has 2 nitrogen and oxygen atoms in total. The van der Waals surface area contributed by atoms with E-state index in [0.29, 0.717) is 5.92 Å². The average Bonchev–Trinajstić information content (AvgIpc) is 2.07. The molecule has 0 spiro atoms. The van der Waals surface area contributed by atoms with Crippen LogP contribution in [0.5, 0.6) is 0 Å². The van der Waals surface area contributed by atoms with Crippen molar-refractivity contribution in [2.45, 2.75) is 19.8 Å². The van der Waals surface area contributed by atoms with Gasteiger partial charge in [-0.1, -0.05) is 19.9 Å². The Bertz CT molecular complexity index is 204. The van der Waals surface area contributed by atoms with Gasteiger partial charge in [0.05, 0.1) is 0 Å². The molecule has 1 aliphatic rings. The van der Waals surface area contributed by atoms with E-state index >= 15 is 0 Å². The van der Waals surface area contributed by atoms with E-state index in [1.807, 2.05) is 32.3 Å². The first kappa shape index (κ1) is 9.20. The van der Waals surface area contributed by atoms with Gasteiger partial charge in [0, 0.05) is 31.4 Å². The van der Waals surface area contributed by atoms with Crippen LogP contribution < -0.4 is 5.32 Å². The van der Waals surface area contributed by atoms with E-state index in [1.54, 1.807) is 0 Å². The Kier molecular flexibility index (Phi) is 3.74. The van der Waals surface area contributed by atoms with E-state index in [1.165, 1.54) is 5.56 Å². The molecule has 1 N–H and O–H groups in total. The van der Waals surface area contributed by atoms with Crippen molar-refractivity contribution in [3.05, 3.63) is 30.1 Å². The SMILES string of the molecule is CC.c1cncc(C2CNC2)c1. The molecular weight excluding hydrogens is 148 g/mol. The molecule has 1 saturated heterocycles. The number of aromatic nitrogens is 1. The normalized spacial score (nSPS) is 15.8. The molecule has 12 heavy (non-hydrogen) atoms. The molecule has 66 valence electrons. The fraction of sp³-hybridized carbons (Fsp3) is 0.500. The molecule has 0 bridgehead atoms. The Morgan fingerprint density at radius 3 is 2.58 bits per heavy atom. The highest BCUT2D eigenvalue weighted by atomic mass is 14.9. The van der Waals surface area contributed by atoms with Crippen molar-refractivity contribution in [3.8, 4) is 0 Å². The van der Waals surface area contributed by atoms with Gasteiger partial charge in [0.15, 0.2) is 0 Å². The van der Waals surface area contributed by atoms with Crippen molar-refractivity contribution >= 4 is 0 Å². The van der Waals surface area contributed by atoms with Gasteiger partial charge in [-0.15, -0.1) is 0 Å². The lowest BCUT2D eigenvalue weighted by atomic mass is 9.96. The Morgan fingerprint density at radius 1 is 1.42 bits per heavy atom. The van der Waals surface area contributed by atoms with Crippen LogP contribution in [0.15, 0.2) is 24.5 Å². The summed E-state index contributed by atoms with van der Waals surface area (Å²) in [6, 6.07) is 4.13. The fourth-order valence-corrected chi connectivity index (χ4v) is 1.14. The number of nitrogens with zero attached hydrogens (tertiary/aromatic N) is 1. The van der Waals surface area contributed by atoms with E-state index in [9.17, 15) is 0 Å². The molecule has 1 fully saturated rings. The van der Waals surface area contributed by atoms with E-state index in [2.05, 4.69) is 16.4 Å². The van der Waals surface area contributed by atoms with Crippen LogP contribution in [0.3, 0.4) is 0 Å². The van der Waals surface area contributed by atoms with Gasteiger partial charge in [-0.3, -0.25) is 4.98 Å². The lowest BCUT2D eigenvalue weighted by molar-refractivity contribution is 0.447. The van der Waals surface area contributed by atoms with Crippen LogP contribution in [-0.2, 0) is 0 Å². The van der Waals surface area contributed by atoms with E-state index in [-0.39, 0.29) is 0 Å². The number of hydrogen-bond acceptors (Lipinski definition) is 2. The maximum absolute atomic E-state index is 4.06. The highest BCUT2D eigenvalue weighted by molar-refractivity contribution is 5.18. The Morgan fingerprint density at radius 2 is 2.17 bits per heavy atom. The summed E-state index contributed by atoms with van der Waals surface area (Å²) >= 11 is 0. The highest BCUT2D eigenvalue weighted by Gasteiger charge is 2.17. The number of hydrogen-bond donors (Lipinski definition) is 1. The quantitative estimate of drug-likeness (QED) is 0.684. The van der Waals surface area contributed by atoms with Crippen molar-refractivity contribution in [3.63, 3.8) is 0 Å². The van der Waals surface area contributed by atoms with Gasteiger partial charge in [-0.2, -0.15) is 0 Å². The highest BCUT2D eigenvalue weighted by Crippen LogP contribution is 2.17. The molecular formula is C10H16N2. The van der Waals surface area contributed by atoms with Gasteiger partial charge in [-0.05, 0) is 11.6 Å². The second-order valence-electron chi connectivity index (χ2n) is 2.64. The first-order valence-electron chi connectivity index (χ1n) is 4.57. The third-order valence-corrected chi connectivity index (χ3v) is 1.94. The molecule has 2 heterocycles. The minimum Gasteiger partial charge on any atom is -0.315 e. The first-order valence-corrected chi connectivity index (χ1v) is 4.57. The van der Waals surface area contributed by atoms with Crippen molar-refractivity contribution in [1.29, 1.82) is 0 Å². The van der Waals surface area contributed by atoms with Gasteiger partial charge in [0.2, 0.25) is 0 Å². The van der Waals surface area contributed by atoms with Gasteiger partial charge in [0.25, 0.3) is 0 Å². The molecule has 1 aliphatic heterocycles. The summed E-state index contributed by atoms with van der Waals surface area (Å²) in [7, 11) is 0. The topological polar surface area (TPSA) is 24.9 Å². The minimum atomic E-state index is 0.716. The minimum absolute atomic E-state index is 0.716. The maximum Gasteiger partial charge on any atom is 0.0303 e. The summed E-state index contributed by atoms with van der Waals surface area (Å²) in [4.78, 5) is 4.06. The number of rotatable bonds is 1. The lowest BCUT2D eigenvalue weighted by Crippen LogP contribution is -2.39. The molecule has 1 aromatic heterocycles.